The minimum Gasteiger partial charge on any atom is -0.347 e. The standard InChI is InChI=1S/C15H23N5O/c1-10-8-13(17-15(16-10)18(3)4)20-9-12-6-5-7-19(12)14(21)11(20)2/h8,11-12H,5-7,9H2,1-4H3/t11-,12+/m1/s1. The number of hydrogen-bond donors (Lipinski definition) is 0. The second-order valence-corrected chi connectivity index (χ2v) is 6.22. The molecule has 1 aromatic rings. The van der Waals surface area contributed by atoms with Crippen LogP contribution in [-0.2, 0) is 4.79 Å². The molecule has 2 saturated heterocycles. The molecule has 2 aliphatic rings. The zero-order valence-electron chi connectivity index (χ0n) is 13.2. The van der Waals surface area contributed by atoms with Crippen molar-refractivity contribution in [1.82, 2.24) is 14.9 Å². The molecule has 0 aliphatic carbocycles. The number of piperazine rings is 1. The van der Waals surface area contributed by atoms with Gasteiger partial charge in [-0.3, -0.25) is 4.79 Å². The number of carbonyl (C=O) groups is 1. The van der Waals surface area contributed by atoms with Gasteiger partial charge in [0, 0.05) is 45.0 Å². The van der Waals surface area contributed by atoms with Crippen LogP contribution in [0.4, 0.5) is 11.8 Å². The van der Waals surface area contributed by atoms with Crippen LogP contribution in [0.3, 0.4) is 0 Å². The van der Waals surface area contributed by atoms with Crippen molar-refractivity contribution in [2.75, 3.05) is 37.0 Å². The lowest BCUT2D eigenvalue weighted by atomic mass is 10.1. The van der Waals surface area contributed by atoms with Gasteiger partial charge in [-0.25, -0.2) is 4.98 Å². The molecule has 0 bridgehead atoms. The first kappa shape index (κ1) is 14.1. The number of fused-ring (bicyclic) bond motifs is 1. The summed E-state index contributed by atoms with van der Waals surface area (Å²) in [7, 11) is 3.87. The molecule has 0 unspecified atom stereocenters. The Morgan fingerprint density at radius 3 is 2.76 bits per heavy atom. The van der Waals surface area contributed by atoms with Crippen molar-refractivity contribution in [2.24, 2.45) is 0 Å². The van der Waals surface area contributed by atoms with Crippen LogP contribution in [0.1, 0.15) is 25.5 Å². The van der Waals surface area contributed by atoms with Gasteiger partial charge in [0.25, 0.3) is 0 Å². The summed E-state index contributed by atoms with van der Waals surface area (Å²) >= 11 is 0. The second kappa shape index (κ2) is 5.16. The van der Waals surface area contributed by atoms with E-state index in [4.69, 9.17) is 0 Å². The van der Waals surface area contributed by atoms with E-state index in [1.54, 1.807) is 0 Å². The van der Waals surface area contributed by atoms with Crippen LogP contribution < -0.4 is 9.80 Å². The lowest BCUT2D eigenvalue weighted by Gasteiger charge is -2.42. The van der Waals surface area contributed by atoms with Gasteiger partial charge in [0.15, 0.2) is 0 Å². The molecule has 0 radical (unpaired) electrons. The van der Waals surface area contributed by atoms with E-state index in [9.17, 15) is 4.79 Å². The fourth-order valence-electron chi connectivity index (χ4n) is 3.25. The number of carbonyl (C=O) groups excluding carboxylic acids is 1. The number of amides is 1. The quantitative estimate of drug-likeness (QED) is 0.814. The molecule has 114 valence electrons. The lowest BCUT2D eigenvalue weighted by Crippen LogP contribution is -2.59. The van der Waals surface area contributed by atoms with Crippen LogP contribution in [0.15, 0.2) is 6.07 Å². The van der Waals surface area contributed by atoms with E-state index in [-0.39, 0.29) is 11.9 Å². The lowest BCUT2D eigenvalue weighted by molar-refractivity contribution is -0.134. The number of anilines is 2. The molecule has 3 heterocycles. The van der Waals surface area contributed by atoms with Gasteiger partial charge in [0.1, 0.15) is 11.9 Å². The average molecular weight is 289 g/mol. The van der Waals surface area contributed by atoms with E-state index in [0.29, 0.717) is 12.0 Å². The third kappa shape index (κ3) is 2.43. The molecule has 2 fully saturated rings. The molecular formula is C15H23N5O. The van der Waals surface area contributed by atoms with Crippen molar-refractivity contribution < 1.29 is 4.79 Å². The molecule has 6 nitrogen and oxygen atoms in total. The summed E-state index contributed by atoms with van der Waals surface area (Å²) in [5.74, 6) is 1.78. The molecule has 2 atom stereocenters. The zero-order valence-corrected chi connectivity index (χ0v) is 13.2. The maximum atomic E-state index is 12.5. The van der Waals surface area contributed by atoms with Crippen molar-refractivity contribution in [3.8, 4) is 0 Å². The van der Waals surface area contributed by atoms with Gasteiger partial charge in [-0.15, -0.1) is 0 Å². The van der Waals surface area contributed by atoms with Gasteiger partial charge in [-0.1, -0.05) is 0 Å². The first-order chi connectivity index (χ1) is 9.97. The maximum absolute atomic E-state index is 12.5. The Kier molecular flexibility index (Phi) is 3.47. The Morgan fingerprint density at radius 1 is 1.29 bits per heavy atom. The Morgan fingerprint density at radius 2 is 2.05 bits per heavy atom. The van der Waals surface area contributed by atoms with Crippen LogP contribution in [-0.4, -0.2) is 60.0 Å². The van der Waals surface area contributed by atoms with Gasteiger partial charge in [0.2, 0.25) is 11.9 Å². The number of hydrogen-bond acceptors (Lipinski definition) is 5. The summed E-state index contributed by atoms with van der Waals surface area (Å²) in [4.78, 5) is 27.7. The normalized spacial score (nSPS) is 25.2. The highest BCUT2D eigenvalue weighted by Gasteiger charge is 2.40. The Bertz CT molecular complexity index is 559. The fourth-order valence-corrected chi connectivity index (χ4v) is 3.25. The summed E-state index contributed by atoms with van der Waals surface area (Å²) in [6.07, 6.45) is 2.21. The molecule has 0 spiro atoms. The SMILES string of the molecule is Cc1cc(N2C[C@@H]3CCCN3C(=O)[C@H]2C)nc(N(C)C)n1. The Hall–Kier alpha value is -1.85. The molecule has 21 heavy (non-hydrogen) atoms. The molecule has 1 aromatic heterocycles. The van der Waals surface area contributed by atoms with E-state index in [2.05, 4.69) is 14.9 Å². The number of rotatable bonds is 2. The van der Waals surface area contributed by atoms with Crippen molar-refractivity contribution in [3.63, 3.8) is 0 Å². The maximum Gasteiger partial charge on any atom is 0.245 e. The van der Waals surface area contributed by atoms with Crippen molar-refractivity contribution >= 4 is 17.7 Å². The summed E-state index contributed by atoms with van der Waals surface area (Å²) in [6, 6.07) is 2.16. The summed E-state index contributed by atoms with van der Waals surface area (Å²) in [5.41, 5.74) is 0.928. The van der Waals surface area contributed by atoms with Gasteiger partial charge in [0.05, 0.1) is 0 Å². The molecule has 6 heteroatoms. The van der Waals surface area contributed by atoms with Gasteiger partial charge in [-0.2, -0.15) is 4.98 Å². The highest BCUT2D eigenvalue weighted by atomic mass is 16.2. The summed E-state index contributed by atoms with van der Waals surface area (Å²) < 4.78 is 0. The second-order valence-electron chi connectivity index (χ2n) is 6.22. The minimum absolute atomic E-state index is 0.149. The van der Waals surface area contributed by atoms with E-state index in [1.165, 1.54) is 0 Å². The summed E-state index contributed by atoms with van der Waals surface area (Å²) in [5, 5.41) is 0. The monoisotopic (exact) mass is 289 g/mol. The van der Waals surface area contributed by atoms with Crippen LogP contribution >= 0.6 is 0 Å². The van der Waals surface area contributed by atoms with E-state index < -0.39 is 0 Å². The van der Waals surface area contributed by atoms with Crippen LogP contribution in [0.2, 0.25) is 0 Å². The zero-order chi connectivity index (χ0) is 15.1. The van der Waals surface area contributed by atoms with Gasteiger partial charge < -0.3 is 14.7 Å². The van der Waals surface area contributed by atoms with Gasteiger partial charge in [-0.05, 0) is 26.7 Å². The molecule has 2 aliphatic heterocycles. The molecule has 0 N–H and O–H groups in total. The highest BCUT2D eigenvalue weighted by molar-refractivity contribution is 5.86. The molecule has 3 rings (SSSR count). The third-order valence-corrected chi connectivity index (χ3v) is 4.42. The van der Waals surface area contributed by atoms with Crippen LogP contribution in [0, 0.1) is 6.92 Å². The third-order valence-electron chi connectivity index (χ3n) is 4.42. The molecular weight excluding hydrogens is 266 g/mol. The molecule has 1 amide bonds. The van der Waals surface area contributed by atoms with Gasteiger partial charge >= 0.3 is 0 Å². The van der Waals surface area contributed by atoms with Crippen molar-refractivity contribution in [1.29, 1.82) is 0 Å². The first-order valence-corrected chi connectivity index (χ1v) is 7.57. The van der Waals surface area contributed by atoms with Crippen LogP contribution in [0.25, 0.3) is 0 Å². The number of aromatic nitrogens is 2. The number of aryl methyl sites for hydroxylation is 1. The van der Waals surface area contributed by atoms with Crippen LogP contribution in [0.5, 0.6) is 0 Å². The number of nitrogens with zero attached hydrogens (tertiary/aromatic N) is 5. The Labute approximate surface area is 125 Å². The summed E-state index contributed by atoms with van der Waals surface area (Å²) in [6.45, 7) is 5.73. The largest absolute Gasteiger partial charge is 0.347 e. The highest BCUT2D eigenvalue weighted by Crippen LogP contribution is 2.29. The average Bonchev–Trinajstić information content (AvgIpc) is 2.90. The van der Waals surface area contributed by atoms with Crippen molar-refractivity contribution in [2.45, 2.75) is 38.8 Å². The first-order valence-electron chi connectivity index (χ1n) is 7.57. The van der Waals surface area contributed by atoms with E-state index in [0.717, 1.165) is 37.4 Å². The fraction of sp³-hybridized carbons (Fsp3) is 0.667. The van der Waals surface area contributed by atoms with E-state index in [1.807, 2.05) is 43.8 Å². The predicted molar refractivity (Wildman–Crippen MR) is 82.6 cm³/mol. The smallest absolute Gasteiger partial charge is 0.245 e. The minimum atomic E-state index is -0.149. The van der Waals surface area contributed by atoms with Crippen molar-refractivity contribution in [3.05, 3.63) is 11.8 Å². The molecule has 0 saturated carbocycles. The molecule has 0 aromatic carbocycles. The Balaban J connectivity index is 1.94. The topological polar surface area (TPSA) is 52.6 Å². The van der Waals surface area contributed by atoms with E-state index >= 15 is 0 Å². The predicted octanol–water partition coefficient (Wildman–Crippen LogP) is 1.05.